The Labute approximate surface area is 70.7 Å². The minimum absolute atomic E-state index is 0. The van der Waals surface area contributed by atoms with Gasteiger partial charge in [0.15, 0.2) is 0 Å². The molecule has 0 unspecified atom stereocenters. The van der Waals surface area contributed by atoms with Gasteiger partial charge in [-0.1, -0.05) is 6.92 Å². The van der Waals surface area contributed by atoms with Crippen molar-refractivity contribution in [2.75, 3.05) is 13.6 Å². The van der Waals surface area contributed by atoms with Crippen LogP contribution in [-0.2, 0) is 18.6 Å². The SMILES string of the molecule is CCCN(C)C(C)C.[V]. The van der Waals surface area contributed by atoms with Gasteiger partial charge in [0, 0.05) is 24.6 Å². The molecule has 0 saturated heterocycles. The van der Waals surface area contributed by atoms with Gasteiger partial charge in [0.25, 0.3) is 0 Å². The fourth-order valence-corrected chi connectivity index (χ4v) is 0.611. The molecule has 0 saturated carbocycles. The summed E-state index contributed by atoms with van der Waals surface area (Å²) in [4.78, 5) is 2.35. The molecule has 0 rings (SSSR count). The third-order valence-electron chi connectivity index (χ3n) is 1.46. The van der Waals surface area contributed by atoms with Crippen LogP contribution in [0, 0.1) is 0 Å². The van der Waals surface area contributed by atoms with E-state index in [2.05, 4.69) is 32.7 Å². The van der Waals surface area contributed by atoms with Gasteiger partial charge >= 0.3 is 0 Å². The van der Waals surface area contributed by atoms with Crippen molar-refractivity contribution in [1.29, 1.82) is 0 Å². The Hall–Kier alpha value is 0.544. The number of hydrogen-bond donors (Lipinski definition) is 0. The molecule has 2 heteroatoms. The van der Waals surface area contributed by atoms with Crippen molar-refractivity contribution in [2.24, 2.45) is 0 Å². The van der Waals surface area contributed by atoms with Gasteiger partial charge in [-0.15, -0.1) is 0 Å². The van der Waals surface area contributed by atoms with Gasteiger partial charge in [-0.2, -0.15) is 0 Å². The second-order valence-corrected chi connectivity index (χ2v) is 2.57. The zero-order valence-electron chi connectivity index (χ0n) is 6.89. The molecule has 0 aliphatic carbocycles. The molecule has 0 aromatic rings. The summed E-state index contributed by atoms with van der Waals surface area (Å²) in [5.41, 5.74) is 0. The first-order chi connectivity index (χ1) is 3.68. The van der Waals surface area contributed by atoms with E-state index in [0.29, 0.717) is 6.04 Å². The van der Waals surface area contributed by atoms with Crippen LogP contribution < -0.4 is 0 Å². The quantitative estimate of drug-likeness (QED) is 0.617. The summed E-state index contributed by atoms with van der Waals surface area (Å²) >= 11 is 0. The first-order valence-corrected chi connectivity index (χ1v) is 3.38. The van der Waals surface area contributed by atoms with E-state index in [0.717, 1.165) is 0 Å². The normalized spacial score (nSPS) is 10.0. The van der Waals surface area contributed by atoms with Crippen molar-refractivity contribution >= 4 is 0 Å². The fourth-order valence-electron chi connectivity index (χ4n) is 0.611. The third kappa shape index (κ3) is 6.43. The first kappa shape index (κ1) is 12.2. The minimum atomic E-state index is 0. The van der Waals surface area contributed by atoms with Crippen molar-refractivity contribution in [3.05, 3.63) is 0 Å². The molecule has 0 fully saturated rings. The Balaban J connectivity index is 0. The zero-order valence-corrected chi connectivity index (χ0v) is 8.28. The standard InChI is InChI=1S/C7H17N.V/c1-5-6-8(4)7(2)3;/h7H,5-6H2,1-4H3;. The maximum absolute atomic E-state index is 2.35. The molecule has 0 N–H and O–H groups in total. The predicted octanol–water partition coefficient (Wildman–Crippen LogP) is 1.73. The zero-order chi connectivity index (χ0) is 6.57. The Kier molecular flexibility index (Phi) is 9.06. The van der Waals surface area contributed by atoms with Crippen LogP contribution in [0.2, 0.25) is 0 Å². The van der Waals surface area contributed by atoms with Crippen LogP contribution in [0.3, 0.4) is 0 Å². The van der Waals surface area contributed by atoms with Crippen LogP contribution in [0.15, 0.2) is 0 Å². The van der Waals surface area contributed by atoms with E-state index in [4.69, 9.17) is 0 Å². The molecule has 0 spiro atoms. The summed E-state index contributed by atoms with van der Waals surface area (Å²) in [6, 6.07) is 0.704. The topological polar surface area (TPSA) is 3.24 Å². The van der Waals surface area contributed by atoms with Crippen molar-refractivity contribution in [2.45, 2.75) is 33.2 Å². The molecule has 1 radical (unpaired) electrons. The van der Waals surface area contributed by atoms with E-state index in [1.54, 1.807) is 0 Å². The van der Waals surface area contributed by atoms with Gasteiger partial charge in [-0.25, -0.2) is 0 Å². The maximum Gasteiger partial charge on any atom is 0.00355 e. The molecule has 9 heavy (non-hydrogen) atoms. The summed E-state index contributed by atoms with van der Waals surface area (Å²) in [6.07, 6.45) is 1.26. The van der Waals surface area contributed by atoms with Gasteiger partial charge in [0.2, 0.25) is 0 Å². The van der Waals surface area contributed by atoms with Crippen LogP contribution >= 0.6 is 0 Å². The Morgan fingerprint density at radius 3 is 1.89 bits per heavy atom. The Morgan fingerprint density at radius 2 is 1.78 bits per heavy atom. The summed E-state index contributed by atoms with van der Waals surface area (Å²) in [5, 5.41) is 0. The van der Waals surface area contributed by atoms with E-state index in [1.165, 1.54) is 13.0 Å². The van der Waals surface area contributed by atoms with Crippen LogP contribution in [0.4, 0.5) is 0 Å². The largest absolute Gasteiger partial charge is 0.304 e. The molecule has 0 aromatic carbocycles. The summed E-state index contributed by atoms with van der Waals surface area (Å²) < 4.78 is 0. The van der Waals surface area contributed by atoms with Crippen molar-refractivity contribution in [1.82, 2.24) is 4.90 Å². The summed E-state index contributed by atoms with van der Waals surface area (Å²) in [7, 11) is 2.16. The van der Waals surface area contributed by atoms with Gasteiger partial charge in [0.1, 0.15) is 0 Å². The molecule has 0 atom stereocenters. The van der Waals surface area contributed by atoms with Gasteiger partial charge < -0.3 is 4.90 Å². The molecule has 0 amide bonds. The summed E-state index contributed by atoms with van der Waals surface area (Å²) in [6.45, 7) is 7.86. The van der Waals surface area contributed by atoms with E-state index in [-0.39, 0.29) is 18.6 Å². The van der Waals surface area contributed by atoms with Crippen LogP contribution in [0.1, 0.15) is 27.2 Å². The molecule has 0 aromatic heterocycles. The van der Waals surface area contributed by atoms with Crippen molar-refractivity contribution < 1.29 is 18.6 Å². The minimum Gasteiger partial charge on any atom is -0.304 e. The van der Waals surface area contributed by atoms with Gasteiger partial charge in [-0.3, -0.25) is 0 Å². The number of hydrogen-bond acceptors (Lipinski definition) is 1. The molecule has 0 aliphatic heterocycles. The molecule has 0 bridgehead atoms. The molecular weight excluding hydrogens is 149 g/mol. The number of rotatable bonds is 3. The van der Waals surface area contributed by atoms with Gasteiger partial charge in [0.05, 0.1) is 0 Å². The predicted molar refractivity (Wildman–Crippen MR) is 38.1 cm³/mol. The van der Waals surface area contributed by atoms with Crippen molar-refractivity contribution in [3.8, 4) is 0 Å². The second-order valence-electron chi connectivity index (χ2n) is 2.57. The second kappa shape index (κ2) is 6.66. The van der Waals surface area contributed by atoms with E-state index in [9.17, 15) is 0 Å². The Bertz CT molecular complexity index is 54.9. The first-order valence-electron chi connectivity index (χ1n) is 3.38. The monoisotopic (exact) mass is 166 g/mol. The van der Waals surface area contributed by atoms with E-state index >= 15 is 0 Å². The fraction of sp³-hybridized carbons (Fsp3) is 1.00. The molecule has 0 aliphatic rings. The third-order valence-corrected chi connectivity index (χ3v) is 1.46. The van der Waals surface area contributed by atoms with Crippen LogP contribution in [0.25, 0.3) is 0 Å². The maximum atomic E-state index is 2.35. The van der Waals surface area contributed by atoms with Crippen LogP contribution in [0.5, 0.6) is 0 Å². The van der Waals surface area contributed by atoms with Crippen LogP contribution in [-0.4, -0.2) is 24.5 Å². The van der Waals surface area contributed by atoms with E-state index < -0.39 is 0 Å². The van der Waals surface area contributed by atoms with E-state index in [1.807, 2.05) is 0 Å². The average Bonchev–Trinajstić information content (AvgIpc) is 1.67. The Morgan fingerprint density at radius 1 is 1.33 bits per heavy atom. The molecule has 55 valence electrons. The summed E-state index contributed by atoms with van der Waals surface area (Å²) in [5.74, 6) is 0. The average molecular weight is 166 g/mol. The van der Waals surface area contributed by atoms with Crippen molar-refractivity contribution in [3.63, 3.8) is 0 Å². The molecule has 1 nitrogen and oxygen atoms in total. The smallest absolute Gasteiger partial charge is 0.00355 e. The molecular formula is C7H17NV. The molecule has 0 heterocycles. The number of nitrogens with zero attached hydrogens (tertiary/aromatic N) is 1. The van der Waals surface area contributed by atoms with Gasteiger partial charge in [-0.05, 0) is 33.9 Å².